The van der Waals surface area contributed by atoms with E-state index >= 15 is 0 Å². The van der Waals surface area contributed by atoms with E-state index in [1.807, 2.05) is 6.92 Å². The molecule has 2 aliphatic rings. The van der Waals surface area contributed by atoms with E-state index in [1.54, 1.807) is 12.1 Å². The Labute approximate surface area is 129 Å². The van der Waals surface area contributed by atoms with Crippen LogP contribution in [0.25, 0.3) is 0 Å². The Morgan fingerprint density at radius 3 is 2.52 bits per heavy atom. The zero-order chi connectivity index (χ0) is 15.1. The molecule has 2 saturated heterocycles. The van der Waals surface area contributed by atoms with Crippen molar-refractivity contribution in [2.75, 3.05) is 12.4 Å². The highest BCUT2D eigenvalue weighted by atomic mass is 35.5. The van der Waals surface area contributed by atoms with Gasteiger partial charge in [-0.3, -0.25) is 10.1 Å². The molecule has 2 fully saturated rings. The number of nitrogens with one attached hydrogen (secondary N) is 1. The van der Waals surface area contributed by atoms with Crippen LogP contribution < -0.4 is 5.32 Å². The third-order valence-corrected chi connectivity index (χ3v) is 5.25. The first-order valence-corrected chi connectivity index (χ1v) is 7.76. The summed E-state index contributed by atoms with van der Waals surface area (Å²) >= 11 is 6.02. The number of benzene rings is 1. The van der Waals surface area contributed by atoms with Crippen molar-refractivity contribution in [1.29, 1.82) is 0 Å². The lowest BCUT2D eigenvalue weighted by Crippen LogP contribution is -2.44. The van der Waals surface area contributed by atoms with E-state index in [4.69, 9.17) is 11.6 Å². The Morgan fingerprint density at radius 1 is 1.33 bits per heavy atom. The fraction of sp³-hybridized carbons (Fsp3) is 0.600. The van der Waals surface area contributed by atoms with Crippen LogP contribution in [-0.2, 0) is 0 Å². The molecule has 3 rings (SSSR count). The monoisotopic (exact) mass is 309 g/mol. The Kier molecular flexibility index (Phi) is 3.80. The van der Waals surface area contributed by atoms with Gasteiger partial charge >= 0.3 is 0 Å². The fourth-order valence-corrected chi connectivity index (χ4v) is 3.94. The Morgan fingerprint density at radius 2 is 1.95 bits per heavy atom. The first kappa shape index (κ1) is 14.6. The minimum atomic E-state index is -0.436. The first-order valence-electron chi connectivity index (χ1n) is 7.38. The normalized spacial score (nSPS) is 28.6. The van der Waals surface area contributed by atoms with Crippen molar-refractivity contribution in [2.24, 2.45) is 0 Å². The highest BCUT2D eigenvalue weighted by Gasteiger charge is 2.38. The van der Waals surface area contributed by atoms with Crippen molar-refractivity contribution >= 4 is 23.0 Å². The van der Waals surface area contributed by atoms with Crippen LogP contribution in [0.4, 0.5) is 11.4 Å². The number of fused-ring (bicyclic) bond motifs is 2. The number of nitro benzene ring substituents is 1. The summed E-state index contributed by atoms with van der Waals surface area (Å²) < 4.78 is 0. The number of anilines is 1. The van der Waals surface area contributed by atoms with Gasteiger partial charge < -0.3 is 10.2 Å². The first-order chi connectivity index (χ1) is 9.95. The van der Waals surface area contributed by atoms with Gasteiger partial charge in [0.05, 0.1) is 4.92 Å². The molecule has 2 atom stereocenters. The average molecular weight is 310 g/mol. The lowest BCUT2D eigenvalue weighted by atomic mass is 9.97. The molecule has 2 aliphatic heterocycles. The molecule has 6 heteroatoms. The van der Waals surface area contributed by atoms with Gasteiger partial charge in [0.1, 0.15) is 5.02 Å². The number of piperidine rings is 1. The average Bonchev–Trinajstić information content (AvgIpc) is 2.64. The van der Waals surface area contributed by atoms with E-state index in [0.29, 0.717) is 18.1 Å². The van der Waals surface area contributed by atoms with Gasteiger partial charge in [-0.25, -0.2) is 0 Å². The largest absolute Gasteiger partial charge is 0.382 e. The Balaban J connectivity index is 1.77. The fourth-order valence-electron chi connectivity index (χ4n) is 3.71. The molecule has 0 aliphatic carbocycles. The predicted molar refractivity (Wildman–Crippen MR) is 84.1 cm³/mol. The van der Waals surface area contributed by atoms with Crippen molar-refractivity contribution in [1.82, 2.24) is 4.90 Å². The standard InChI is InChI=1S/C15H20ClN3O2/c1-9-5-15(19(20)21)13(16)8-14(9)17-10-6-11-3-4-12(7-10)18(11)2/h5,8,10-12,17H,3-4,6-7H2,1-2H3. The highest BCUT2D eigenvalue weighted by molar-refractivity contribution is 6.33. The van der Waals surface area contributed by atoms with Crippen LogP contribution in [0.2, 0.25) is 5.02 Å². The Bertz CT molecular complexity index is 564. The van der Waals surface area contributed by atoms with Crippen LogP contribution in [0.3, 0.4) is 0 Å². The van der Waals surface area contributed by atoms with Gasteiger partial charge in [0.15, 0.2) is 0 Å². The molecule has 1 aromatic rings. The maximum Gasteiger partial charge on any atom is 0.288 e. The topological polar surface area (TPSA) is 58.4 Å². The summed E-state index contributed by atoms with van der Waals surface area (Å²) in [6.45, 7) is 1.88. The molecule has 2 bridgehead atoms. The van der Waals surface area contributed by atoms with Gasteiger partial charge in [-0.05, 0) is 51.3 Å². The maximum atomic E-state index is 10.9. The van der Waals surface area contributed by atoms with E-state index in [-0.39, 0.29) is 10.7 Å². The van der Waals surface area contributed by atoms with Crippen LogP contribution in [-0.4, -0.2) is 35.0 Å². The van der Waals surface area contributed by atoms with Gasteiger partial charge in [0, 0.05) is 29.9 Å². The van der Waals surface area contributed by atoms with Gasteiger partial charge in [-0.15, -0.1) is 0 Å². The van der Waals surface area contributed by atoms with Gasteiger partial charge in [0.25, 0.3) is 5.69 Å². The number of aryl methyl sites for hydroxylation is 1. The van der Waals surface area contributed by atoms with Crippen LogP contribution in [0, 0.1) is 17.0 Å². The van der Waals surface area contributed by atoms with Crippen LogP contribution in [0.15, 0.2) is 12.1 Å². The minimum Gasteiger partial charge on any atom is -0.382 e. The van der Waals surface area contributed by atoms with Gasteiger partial charge in [-0.2, -0.15) is 0 Å². The van der Waals surface area contributed by atoms with E-state index < -0.39 is 4.92 Å². The van der Waals surface area contributed by atoms with Crippen molar-refractivity contribution in [3.8, 4) is 0 Å². The number of hydrogen-bond donors (Lipinski definition) is 1. The molecule has 0 amide bonds. The summed E-state index contributed by atoms with van der Waals surface area (Å²) in [5.41, 5.74) is 1.76. The third-order valence-electron chi connectivity index (χ3n) is 4.95. The van der Waals surface area contributed by atoms with Crippen molar-refractivity contribution in [3.63, 3.8) is 0 Å². The lowest BCUT2D eigenvalue weighted by Gasteiger charge is -2.37. The molecule has 0 saturated carbocycles. The number of nitrogens with zero attached hydrogens (tertiary/aromatic N) is 2. The van der Waals surface area contributed by atoms with Gasteiger partial charge in [-0.1, -0.05) is 11.6 Å². The molecular weight excluding hydrogens is 290 g/mol. The Hall–Kier alpha value is -1.33. The quantitative estimate of drug-likeness (QED) is 0.684. The maximum absolute atomic E-state index is 10.9. The minimum absolute atomic E-state index is 0.0248. The van der Waals surface area contributed by atoms with E-state index in [1.165, 1.54) is 12.8 Å². The number of nitro groups is 1. The van der Waals surface area contributed by atoms with Crippen molar-refractivity contribution in [3.05, 3.63) is 32.8 Å². The second-order valence-corrected chi connectivity index (χ2v) is 6.65. The molecule has 0 radical (unpaired) electrons. The van der Waals surface area contributed by atoms with Crippen molar-refractivity contribution < 1.29 is 4.92 Å². The molecule has 0 aromatic heterocycles. The lowest BCUT2D eigenvalue weighted by molar-refractivity contribution is -0.384. The van der Waals surface area contributed by atoms with Crippen molar-refractivity contribution in [2.45, 2.75) is 50.7 Å². The second kappa shape index (κ2) is 5.46. The highest BCUT2D eigenvalue weighted by Crippen LogP contribution is 2.37. The summed E-state index contributed by atoms with van der Waals surface area (Å²) in [4.78, 5) is 13.0. The van der Waals surface area contributed by atoms with E-state index in [0.717, 1.165) is 24.1 Å². The van der Waals surface area contributed by atoms with Crippen LogP contribution >= 0.6 is 11.6 Å². The molecule has 2 unspecified atom stereocenters. The SMILES string of the molecule is Cc1cc([N+](=O)[O-])c(Cl)cc1NC1CC2CCC(C1)N2C. The predicted octanol–water partition coefficient (Wildman–Crippen LogP) is 3.59. The number of rotatable bonds is 3. The van der Waals surface area contributed by atoms with E-state index in [9.17, 15) is 10.1 Å². The third kappa shape index (κ3) is 2.72. The molecule has 1 aromatic carbocycles. The second-order valence-electron chi connectivity index (χ2n) is 6.24. The molecule has 2 heterocycles. The zero-order valence-corrected chi connectivity index (χ0v) is 13.1. The molecule has 114 valence electrons. The summed E-state index contributed by atoms with van der Waals surface area (Å²) in [5, 5.41) is 14.6. The summed E-state index contributed by atoms with van der Waals surface area (Å²) in [6.07, 6.45) is 4.81. The molecule has 21 heavy (non-hydrogen) atoms. The summed E-state index contributed by atoms with van der Waals surface area (Å²) in [7, 11) is 2.21. The molecular formula is C15H20ClN3O2. The van der Waals surface area contributed by atoms with Crippen LogP contribution in [0.1, 0.15) is 31.2 Å². The summed E-state index contributed by atoms with van der Waals surface area (Å²) in [5.74, 6) is 0. The van der Waals surface area contributed by atoms with E-state index in [2.05, 4.69) is 17.3 Å². The molecule has 0 spiro atoms. The molecule has 1 N–H and O–H groups in total. The van der Waals surface area contributed by atoms with Gasteiger partial charge in [0.2, 0.25) is 0 Å². The zero-order valence-electron chi connectivity index (χ0n) is 12.3. The smallest absolute Gasteiger partial charge is 0.288 e. The number of halogens is 1. The molecule has 5 nitrogen and oxygen atoms in total. The summed E-state index contributed by atoms with van der Waals surface area (Å²) in [6, 6.07) is 4.99. The number of hydrogen-bond acceptors (Lipinski definition) is 4. The van der Waals surface area contributed by atoms with Crippen LogP contribution in [0.5, 0.6) is 0 Å².